The molecule has 0 aliphatic rings. The number of carbonyl (C=O) groups is 2. The maximum Gasteiger partial charge on any atom is 0.407 e. The summed E-state index contributed by atoms with van der Waals surface area (Å²) in [6, 6.07) is 0. The number of aliphatic carboxylic acids is 1. The minimum Gasteiger partial charge on any atom is -0.481 e. The molecule has 0 radical (unpaired) electrons. The Morgan fingerprint density at radius 1 is 1.26 bits per heavy atom. The van der Waals surface area contributed by atoms with Crippen LogP contribution in [0.15, 0.2) is 0 Å². The Kier molecular flexibility index (Phi) is 6.11. The molecule has 0 unspecified atom stereocenters. The molecular weight excluding hydrogens is 267 g/mol. The molecule has 19 heavy (non-hydrogen) atoms. The molecule has 0 aromatic rings. The number of carbonyl (C=O) groups excluding carboxylic acids is 1. The van der Waals surface area contributed by atoms with Gasteiger partial charge in [0, 0.05) is 6.54 Å². The third-order valence-corrected chi connectivity index (χ3v) is 2.04. The summed E-state index contributed by atoms with van der Waals surface area (Å²) < 4.78 is 42.2. The Morgan fingerprint density at radius 2 is 1.79 bits per heavy atom. The number of hydrogen-bond donors (Lipinski definition) is 2. The molecule has 0 saturated carbocycles. The summed E-state index contributed by atoms with van der Waals surface area (Å²) in [5.74, 6) is -3.51. The van der Waals surface area contributed by atoms with E-state index in [-0.39, 0.29) is 6.54 Å². The minimum absolute atomic E-state index is 0.299. The predicted octanol–water partition coefficient (Wildman–Crippen LogP) is 2.55. The van der Waals surface area contributed by atoms with Gasteiger partial charge in [-0.05, 0) is 27.2 Å². The molecule has 8 heteroatoms. The van der Waals surface area contributed by atoms with E-state index >= 15 is 0 Å². The number of carboxylic acid groups (broad SMARTS) is 1. The van der Waals surface area contributed by atoms with E-state index < -0.39 is 42.6 Å². The van der Waals surface area contributed by atoms with Crippen LogP contribution in [0.25, 0.3) is 0 Å². The summed E-state index contributed by atoms with van der Waals surface area (Å²) in [6.07, 6.45) is -6.95. The largest absolute Gasteiger partial charge is 0.481 e. The lowest BCUT2D eigenvalue weighted by molar-refractivity contribution is -0.184. The second-order valence-corrected chi connectivity index (χ2v) is 5.05. The summed E-state index contributed by atoms with van der Waals surface area (Å²) in [7, 11) is 0. The fourth-order valence-electron chi connectivity index (χ4n) is 1.25. The lowest BCUT2D eigenvalue weighted by atomic mass is 10.0. The standard InChI is InChI=1S/C11H18F3NO4/c1-10(2,3)19-9(18)15-5-4-7(6-8(16)17)11(12,13)14/h7H,4-6H2,1-3H3,(H,15,18)(H,16,17)/t7-/m0/s1. The van der Waals surface area contributed by atoms with Crippen molar-refractivity contribution in [3.8, 4) is 0 Å². The molecule has 0 saturated heterocycles. The van der Waals surface area contributed by atoms with Gasteiger partial charge in [0.1, 0.15) is 5.60 Å². The van der Waals surface area contributed by atoms with Crippen LogP contribution in [0.2, 0.25) is 0 Å². The Balaban J connectivity index is 4.20. The van der Waals surface area contributed by atoms with Crippen molar-refractivity contribution in [2.24, 2.45) is 5.92 Å². The van der Waals surface area contributed by atoms with Gasteiger partial charge >= 0.3 is 18.2 Å². The summed E-state index contributed by atoms with van der Waals surface area (Å²) in [5.41, 5.74) is -0.741. The number of amides is 1. The molecule has 1 atom stereocenters. The molecule has 0 spiro atoms. The fourth-order valence-corrected chi connectivity index (χ4v) is 1.25. The second-order valence-electron chi connectivity index (χ2n) is 5.05. The van der Waals surface area contributed by atoms with Crippen molar-refractivity contribution in [2.75, 3.05) is 6.54 Å². The van der Waals surface area contributed by atoms with Crippen molar-refractivity contribution in [3.63, 3.8) is 0 Å². The van der Waals surface area contributed by atoms with Gasteiger partial charge in [0.05, 0.1) is 12.3 Å². The molecule has 0 heterocycles. The zero-order valence-corrected chi connectivity index (χ0v) is 11.0. The van der Waals surface area contributed by atoms with E-state index in [1.54, 1.807) is 20.8 Å². The van der Waals surface area contributed by atoms with E-state index in [9.17, 15) is 22.8 Å². The number of halogens is 3. The minimum atomic E-state index is -4.60. The highest BCUT2D eigenvalue weighted by Crippen LogP contribution is 2.31. The lowest BCUT2D eigenvalue weighted by Crippen LogP contribution is -2.35. The van der Waals surface area contributed by atoms with Crippen LogP contribution in [-0.2, 0) is 9.53 Å². The lowest BCUT2D eigenvalue weighted by Gasteiger charge is -2.21. The monoisotopic (exact) mass is 285 g/mol. The average molecular weight is 285 g/mol. The van der Waals surface area contributed by atoms with Crippen LogP contribution in [0.5, 0.6) is 0 Å². The van der Waals surface area contributed by atoms with E-state index in [1.165, 1.54) is 0 Å². The highest BCUT2D eigenvalue weighted by atomic mass is 19.4. The van der Waals surface area contributed by atoms with Crippen LogP contribution in [0.1, 0.15) is 33.6 Å². The van der Waals surface area contributed by atoms with Crippen LogP contribution in [0.4, 0.5) is 18.0 Å². The average Bonchev–Trinajstić information content (AvgIpc) is 2.10. The summed E-state index contributed by atoms with van der Waals surface area (Å²) >= 11 is 0. The van der Waals surface area contributed by atoms with Gasteiger partial charge in [-0.15, -0.1) is 0 Å². The van der Waals surface area contributed by atoms with Gasteiger partial charge in [-0.3, -0.25) is 4.79 Å². The summed E-state index contributed by atoms with van der Waals surface area (Å²) in [4.78, 5) is 21.5. The highest BCUT2D eigenvalue weighted by molar-refractivity contribution is 5.68. The first-order valence-corrected chi connectivity index (χ1v) is 5.67. The Hall–Kier alpha value is -1.47. The third kappa shape index (κ3) is 9.15. The zero-order chi connectivity index (χ0) is 15.3. The molecule has 0 rings (SSSR count). The van der Waals surface area contributed by atoms with Gasteiger partial charge in [0.15, 0.2) is 0 Å². The number of alkyl carbamates (subject to hydrolysis) is 1. The number of ether oxygens (including phenoxy) is 1. The number of hydrogen-bond acceptors (Lipinski definition) is 3. The first-order chi connectivity index (χ1) is 8.42. The third-order valence-electron chi connectivity index (χ3n) is 2.04. The molecule has 5 nitrogen and oxygen atoms in total. The molecule has 112 valence electrons. The fraction of sp³-hybridized carbons (Fsp3) is 0.818. The van der Waals surface area contributed by atoms with Gasteiger partial charge in [-0.1, -0.05) is 0 Å². The normalized spacial score (nSPS) is 13.8. The van der Waals surface area contributed by atoms with Crippen LogP contribution >= 0.6 is 0 Å². The number of carboxylic acids is 1. The maximum atomic E-state index is 12.5. The number of rotatable bonds is 5. The zero-order valence-electron chi connectivity index (χ0n) is 11.0. The van der Waals surface area contributed by atoms with Crippen molar-refractivity contribution in [1.82, 2.24) is 5.32 Å². The number of alkyl halides is 3. The first kappa shape index (κ1) is 17.5. The first-order valence-electron chi connectivity index (χ1n) is 5.67. The van der Waals surface area contributed by atoms with Crippen LogP contribution in [0, 0.1) is 5.92 Å². The van der Waals surface area contributed by atoms with Crippen molar-refractivity contribution in [2.45, 2.75) is 45.4 Å². The molecule has 0 aliphatic heterocycles. The van der Waals surface area contributed by atoms with E-state index in [1.807, 2.05) is 0 Å². The highest BCUT2D eigenvalue weighted by Gasteiger charge is 2.40. The van der Waals surface area contributed by atoms with E-state index in [0.717, 1.165) is 0 Å². The van der Waals surface area contributed by atoms with Gasteiger partial charge in [-0.25, -0.2) is 4.79 Å². The van der Waals surface area contributed by atoms with Crippen molar-refractivity contribution in [1.29, 1.82) is 0 Å². The molecule has 0 aliphatic carbocycles. The second kappa shape index (κ2) is 6.63. The van der Waals surface area contributed by atoms with Crippen LogP contribution in [-0.4, -0.2) is 35.5 Å². The molecule has 1 amide bonds. The van der Waals surface area contributed by atoms with Crippen molar-refractivity contribution in [3.05, 3.63) is 0 Å². The van der Waals surface area contributed by atoms with Crippen LogP contribution in [0.3, 0.4) is 0 Å². The number of nitrogens with one attached hydrogen (secondary N) is 1. The van der Waals surface area contributed by atoms with Gasteiger partial charge in [0.25, 0.3) is 0 Å². The van der Waals surface area contributed by atoms with Crippen molar-refractivity contribution < 1.29 is 32.6 Å². The Labute approximate surface area is 109 Å². The van der Waals surface area contributed by atoms with Crippen LogP contribution < -0.4 is 5.32 Å². The van der Waals surface area contributed by atoms with Gasteiger partial charge in [0.2, 0.25) is 0 Å². The molecule has 2 N–H and O–H groups in total. The SMILES string of the molecule is CC(C)(C)OC(=O)NCC[C@@H](CC(=O)O)C(F)(F)F. The van der Waals surface area contributed by atoms with Gasteiger partial charge < -0.3 is 15.2 Å². The van der Waals surface area contributed by atoms with E-state index in [0.29, 0.717) is 0 Å². The molecule has 0 bridgehead atoms. The molecular formula is C11H18F3NO4. The topological polar surface area (TPSA) is 75.6 Å². The summed E-state index contributed by atoms with van der Waals surface area (Å²) in [5, 5.41) is 10.6. The summed E-state index contributed by atoms with van der Waals surface area (Å²) in [6.45, 7) is 4.56. The smallest absolute Gasteiger partial charge is 0.407 e. The predicted molar refractivity (Wildman–Crippen MR) is 60.7 cm³/mol. The van der Waals surface area contributed by atoms with E-state index in [2.05, 4.69) is 5.32 Å². The molecule has 0 aromatic heterocycles. The quantitative estimate of drug-likeness (QED) is 0.814. The molecule has 0 aromatic carbocycles. The van der Waals surface area contributed by atoms with E-state index in [4.69, 9.17) is 9.84 Å². The Morgan fingerprint density at radius 3 is 2.16 bits per heavy atom. The van der Waals surface area contributed by atoms with Crippen molar-refractivity contribution >= 4 is 12.1 Å². The molecule has 0 fully saturated rings. The maximum absolute atomic E-state index is 12.5. The Bertz CT molecular complexity index is 323. The van der Waals surface area contributed by atoms with Gasteiger partial charge in [-0.2, -0.15) is 13.2 Å².